The van der Waals surface area contributed by atoms with Gasteiger partial charge in [0.2, 0.25) is 0 Å². The first-order chi connectivity index (χ1) is 10.1. The van der Waals surface area contributed by atoms with Gasteiger partial charge in [0, 0.05) is 5.92 Å². The molecular weight excluding hydrogens is 278 g/mol. The lowest BCUT2D eigenvalue weighted by atomic mass is 9.88. The molecule has 0 radical (unpaired) electrons. The molecule has 0 bridgehead atoms. The highest BCUT2D eigenvalue weighted by atomic mass is 32.1. The van der Waals surface area contributed by atoms with E-state index in [1.165, 1.54) is 5.56 Å². The van der Waals surface area contributed by atoms with Crippen molar-refractivity contribution in [3.8, 4) is 0 Å². The highest BCUT2D eigenvalue weighted by Gasteiger charge is 2.52. The topological polar surface area (TPSA) is 12.5 Å². The molecule has 3 rings (SSSR count). The molecule has 0 aromatic heterocycles. The molecule has 2 nitrogen and oxygen atoms in total. The van der Waals surface area contributed by atoms with Gasteiger partial charge in [-0.3, -0.25) is 0 Å². The highest BCUT2D eigenvalue weighted by Crippen LogP contribution is 2.48. The summed E-state index contributed by atoms with van der Waals surface area (Å²) in [6.07, 6.45) is 5.16. The summed E-state index contributed by atoms with van der Waals surface area (Å²) in [4.78, 5) is 3.40. The molecule has 0 spiro atoms. The third kappa shape index (κ3) is 2.43. The standard InChI is InChI=1S/C18H23NOS/c1-4-8-15-11-12-18(3)19(17(15)21)13(2)16(20-18)14-9-6-5-7-10-14/h4-7,9-10,13,15-16H,1,8,11-12H2,2-3H3/t13-,15+,16-,18+/m0/s1. The van der Waals surface area contributed by atoms with E-state index in [0.717, 1.165) is 24.3 Å². The van der Waals surface area contributed by atoms with Gasteiger partial charge in [0.1, 0.15) is 11.8 Å². The van der Waals surface area contributed by atoms with Crippen LogP contribution in [-0.2, 0) is 4.74 Å². The summed E-state index contributed by atoms with van der Waals surface area (Å²) in [5.41, 5.74) is 0.984. The third-order valence-corrected chi connectivity index (χ3v) is 5.39. The Bertz CT molecular complexity index is 543. The number of rotatable bonds is 3. The second-order valence-electron chi connectivity index (χ2n) is 6.33. The van der Waals surface area contributed by atoms with Crippen LogP contribution in [-0.4, -0.2) is 21.7 Å². The molecule has 0 N–H and O–H groups in total. The van der Waals surface area contributed by atoms with Crippen LogP contribution in [0.2, 0.25) is 0 Å². The predicted molar refractivity (Wildman–Crippen MR) is 90.1 cm³/mol. The van der Waals surface area contributed by atoms with Gasteiger partial charge in [0.05, 0.1) is 11.0 Å². The molecule has 2 fully saturated rings. The minimum Gasteiger partial charge on any atom is -0.346 e. The number of thiocarbonyl (C=S) groups is 1. The molecule has 2 saturated heterocycles. The van der Waals surface area contributed by atoms with Gasteiger partial charge in [-0.2, -0.15) is 0 Å². The lowest BCUT2D eigenvalue weighted by Gasteiger charge is -2.44. The monoisotopic (exact) mass is 301 g/mol. The fourth-order valence-electron chi connectivity index (χ4n) is 3.78. The first-order valence-electron chi connectivity index (χ1n) is 7.73. The third-order valence-electron chi connectivity index (χ3n) is 4.86. The zero-order valence-electron chi connectivity index (χ0n) is 12.8. The summed E-state index contributed by atoms with van der Waals surface area (Å²) in [6, 6.07) is 10.8. The Kier molecular flexibility index (Phi) is 3.89. The van der Waals surface area contributed by atoms with Crippen molar-refractivity contribution in [2.45, 2.75) is 51.0 Å². The van der Waals surface area contributed by atoms with Crippen molar-refractivity contribution < 1.29 is 4.74 Å². The molecule has 2 aliphatic heterocycles. The van der Waals surface area contributed by atoms with Crippen LogP contribution in [0.3, 0.4) is 0 Å². The van der Waals surface area contributed by atoms with E-state index >= 15 is 0 Å². The number of hydrogen-bond donors (Lipinski definition) is 0. The minimum atomic E-state index is -0.255. The number of piperidine rings is 1. The van der Waals surface area contributed by atoms with Crippen molar-refractivity contribution in [2.75, 3.05) is 0 Å². The minimum absolute atomic E-state index is 0.0941. The van der Waals surface area contributed by atoms with Gasteiger partial charge in [0.25, 0.3) is 0 Å². The largest absolute Gasteiger partial charge is 0.346 e. The average molecular weight is 301 g/mol. The van der Waals surface area contributed by atoms with E-state index in [0.29, 0.717) is 5.92 Å². The average Bonchev–Trinajstić information content (AvgIpc) is 2.76. The SMILES string of the molecule is C=CC[C@@H]1CC[C@@]2(C)O[C@H](c3ccccc3)[C@H](C)N2C1=S. The fourth-order valence-corrected chi connectivity index (χ4v) is 4.35. The Morgan fingerprint density at radius 2 is 2.14 bits per heavy atom. The van der Waals surface area contributed by atoms with Crippen molar-refractivity contribution in [2.24, 2.45) is 5.92 Å². The second kappa shape index (κ2) is 5.54. The molecule has 2 heterocycles. The maximum absolute atomic E-state index is 6.46. The highest BCUT2D eigenvalue weighted by molar-refractivity contribution is 7.80. The van der Waals surface area contributed by atoms with E-state index in [2.05, 4.69) is 49.6 Å². The fraction of sp³-hybridized carbons (Fsp3) is 0.500. The number of benzene rings is 1. The molecule has 3 heteroatoms. The Morgan fingerprint density at radius 1 is 1.43 bits per heavy atom. The molecule has 0 unspecified atom stereocenters. The molecule has 0 aliphatic carbocycles. The van der Waals surface area contributed by atoms with Crippen molar-refractivity contribution in [1.29, 1.82) is 0 Å². The van der Waals surface area contributed by atoms with Crippen LogP contribution in [0.25, 0.3) is 0 Å². The maximum atomic E-state index is 6.46. The molecule has 4 atom stereocenters. The van der Waals surface area contributed by atoms with Crippen molar-refractivity contribution in [1.82, 2.24) is 4.90 Å². The van der Waals surface area contributed by atoms with Gasteiger partial charge in [-0.15, -0.1) is 6.58 Å². The van der Waals surface area contributed by atoms with Gasteiger partial charge in [0.15, 0.2) is 0 Å². The lowest BCUT2D eigenvalue weighted by Crippen LogP contribution is -2.54. The quantitative estimate of drug-likeness (QED) is 0.603. The molecule has 2 aliphatic rings. The molecular formula is C18H23NOS. The van der Waals surface area contributed by atoms with E-state index in [1.54, 1.807) is 0 Å². The van der Waals surface area contributed by atoms with Gasteiger partial charge < -0.3 is 9.64 Å². The van der Waals surface area contributed by atoms with Gasteiger partial charge in [-0.1, -0.05) is 48.6 Å². The molecule has 1 aromatic rings. The van der Waals surface area contributed by atoms with Gasteiger partial charge >= 0.3 is 0 Å². The first kappa shape index (κ1) is 14.7. The van der Waals surface area contributed by atoms with Crippen LogP contribution >= 0.6 is 12.2 Å². The van der Waals surface area contributed by atoms with E-state index < -0.39 is 0 Å². The normalized spacial score (nSPS) is 35.6. The lowest BCUT2D eigenvalue weighted by molar-refractivity contribution is -0.0856. The van der Waals surface area contributed by atoms with Crippen molar-refractivity contribution >= 4 is 17.2 Å². The van der Waals surface area contributed by atoms with E-state index in [9.17, 15) is 0 Å². The zero-order chi connectivity index (χ0) is 15.0. The maximum Gasteiger partial charge on any atom is 0.139 e. The van der Waals surface area contributed by atoms with Gasteiger partial charge in [-0.25, -0.2) is 0 Å². The second-order valence-corrected chi connectivity index (χ2v) is 6.75. The number of hydrogen-bond acceptors (Lipinski definition) is 2. The number of allylic oxidation sites excluding steroid dienone is 1. The number of nitrogens with zero attached hydrogens (tertiary/aromatic N) is 1. The molecule has 1 aromatic carbocycles. The summed E-state index contributed by atoms with van der Waals surface area (Å²) in [7, 11) is 0. The van der Waals surface area contributed by atoms with Crippen LogP contribution in [0.4, 0.5) is 0 Å². The van der Waals surface area contributed by atoms with Crippen molar-refractivity contribution in [3.05, 3.63) is 48.6 Å². The van der Waals surface area contributed by atoms with Crippen LogP contribution in [0.1, 0.15) is 44.8 Å². The van der Waals surface area contributed by atoms with Crippen molar-refractivity contribution in [3.63, 3.8) is 0 Å². The Labute approximate surface area is 132 Å². The summed E-state index contributed by atoms with van der Waals surface area (Å²) < 4.78 is 6.46. The predicted octanol–water partition coefficient (Wildman–Crippen LogP) is 4.48. The summed E-state index contributed by atoms with van der Waals surface area (Å²) in [5.74, 6) is 0.436. The van der Waals surface area contributed by atoms with Crippen LogP contribution < -0.4 is 0 Å². The van der Waals surface area contributed by atoms with E-state index in [1.807, 2.05) is 12.1 Å². The Morgan fingerprint density at radius 3 is 2.81 bits per heavy atom. The van der Waals surface area contributed by atoms with E-state index in [4.69, 9.17) is 17.0 Å². The molecule has 21 heavy (non-hydrogen) atoms. The Hall–Kier alpha value is -1.19. The molecule has 0 amide bonds. The van der Waals surface area contributed by atoms with Crippen LogP contribution in [0.5, 0.6) is 0 Å². The number of ether oxygens (including phenoxy) is 1. The molecule has 0 saturated carbocycles. The van der Waals surface area contributed by atoms with Gasteiger partial charge in [-0.05, 0) is 38.7 Å². The smallest absolute Gasteiger partial charge is 0.139 e. The Balaban J connectivity index is 1.89. The van der Waals surface area contributed by atoms with Crippen LogP contribution in [0.15, 0.2) is 43.0 Å². The first-order valence-corrected chi connectivity index (χ1v) is 8.14. The van der Waals surface area contributed by atoms with E-state index in [-0.39, 0.29) is 17.9 Å². The zero-order valence-corrected chi connectivity index (χ0v) is 13.6. The summed E-state index contributed by atoms with van der Waals surface area (Å²) in [5, 5.41) is 0. The number of fused-ring (bicyclic) bond motifs is 1. The summed E-state index contributed by atoms with van der Waals surface area (Å²) >= 11 is 5.78. The van der Waals surface area contributed by atoms with Crippen LogP contribution in [0, 0.1) is 5.92 Å². The summed E-state index contributed by atoms with van der Waals surface area (Å²) in [6.45, 7) is 8.28. The molecule has 112 valence electrons.